The lowest BCUT2D eigenvalue weighted by molar-refractivity contribution is 0.320. The van der Waals surface area contributed by atoms with Crippen LogP contribution >= 0.6 is 0 Å². The second kappa shape index (κ2) is 3.69. The maximum atomic E-state index is 5.71. The molecular weight excluding hydrogens is 162 g/mol. The quantitative estimate of drug-likeness (QED) is 0.711. The largest absolute Gasteiger partial charge is 0.491 e. The summed E-state index contributed by atoms with van der Waals surface area (Å²) >= 11 is 0. The molecule has 1 aliphatic rings. The normalized spacial score (nSPS) is 15.2. The Morgan fingerprint density at radius 1 is 1.46 bits per heavy atom. The second-order valence-corrected chi connectivity index (χ2v) is 3.28. The molecule has 0 saturated carbocycles. The molecule has 0 saturated heterocycles. The van der Waals surface area contributed by atoms with Crippen molar-refractivity contribution in [2.24, 2.45) is 0 Å². The molecule has 2 heteroatoms. The summed E-state index contributed by atoms with van der Waals surface area (Å²) in [5.74, 6) is 1.06. The molecule has 70 valence electrons. The Kier molecular flexibility index (Phi) is 2.39. The predicted molar refractivity (Wildman–Crippen MR) is 54.4 cm³/mol. The molecule has 0 atom stereocenters. The maximum Gasteiger partial charge on any atom is 0.145 e. The fraction of sp³-hybridized carbons (Fsp3) is 0.455. The summed E-state index contributed by atoms with van der Waals surface area (Å²) in [6.07, 6.45) is 2.11. The number of benzene rings is 1. The molecule has 0 unspecified atom stereocenters. The molecule has 2 nitrogen and oxygen atoms in total. The molecule has 0 radical (unpaired) electrons. The molecule has 1 heterocycles. The van der Waals surface area contributed by atoms with Gasteiger partial charge in [0.25, 0.3) is 0 Å². The van der Waals surface area contributed by atoms with Crippen LogP contribution in [-0.2, 0) is 6.42 Å². The molecule has 0 aliphatic carbocycles. The smallest absolute Gasteiger partial charge is 0.145 e. The van der Waals surface area contributed by atoms with Crippen molar-refractivity contribution in [1.29, 1.82) is 0 Å². The molecular formula is C11H15NO. The van der Waals surface area contributed by atoms with Gasteiger partial charge in [0, 0.05) is 6.54 Å². The molecule has 0 bridgehead atoms. The Hall–Kier alpha value is -1.18. The number of para-hydroxylation sites is 1. The highest BCUT2D eigenvalue weighted by Gasteiger charge is 2.10. The van der Waals surface area contributed by atoms with Crippen LogP contribution in [0.25, 0.3) is 0 Å². The first-order valence-electron chi connectivity index (χ1n) is 4.90. The van der Waals surface area contributed by atoms with Crippen LogP contribution in [-0.4, -0.2) is 13.2 Å². The lowest BCUT2D eigenvalue weighted by Crippen LogP contribution is -1.99. The van der Waals surface area contributed by atoms with Crippen LogP contribution in [0.5, 0.6) is 5.75 Å². The van der Waals surface area contributed by atoms with Gasteiger partial charge in [-0.3, -0.25) is 0 Å². The molecule has 0 aromatic heterocycles. The van der Waals surface area contributed by atoms with E-state index < -0.39 is 0 Å². The molecule has 0 amide bonds. The summed E-state index contributed by atoms with van der Waals surface area (Å²) < 4.78 is 5.71. The van der Waals surface area contributed by atoms with Crippen LogP contribution in [0, 0.1) is 0 Å². The highest BCUT2D eigenvalue weighted by molar-refractivity contribution is 5.60. The Labute approximate surface area is 78.9 Å². The first kappa shape index (κ1) is 8.42. The molecule has 0 fully saturated rings. The summed E-state index contributed by atoms with van der Waals surface area (Å²) in [4.78, 5) is 0. The minimum Gasteiger partial charge on any atom is -0.491 e. The molecule has 13 heavy (non-hydrogen) atoms. The first-order chi connectivity index (χ1) is 6.42. The van der Waals surface area contributed by atoms with E-state index in [1.54, 1.807) is 0 Å². The number of aryl methyl sites for hydroxylation is 1. The lowest BCUT2D eigenvalue weighted by Gasteiger charge is -2.11. The van der Waals surface area contributed by atoms with E-state index in [0.29, 0.717) is 0 Å². The average molecular weight is 177 g/mol. The number of ether oxygens (including phenoxy) is 1. The Balaban J connectivity index is 2.40. The number of hydrogen-bond acceptors (Lipinski definition) is 2. The molecule has 0 spiro atoms. The van der Waals surface area contributed by atoms with Crippen molar-refractivity contribution >= 4 is 5.69 Å². The van der Waals surface area contributed by atoms with Crippen LogP contribution < -0.4 is 10.1 Å². The van der Waals surface area contributed by atoms with E-state index in [1.807, 2.05) is 0 Å². The van der Waals surface area contributed by atoms with Crippen molar-refractivity contribution in [1.82, 2.24) is 0 Å². The number of anilines is 1. The van der Waals surface area contributed by atoms with Gasteiger partial charge in [0.2, 0.25) is 0 Å². The summed E-state index contributed by atoms with van der Waals surface area (Å²) in [7, 11) is 0. The number of nitrogens with one attached hydrogen (secondary N) is 1. The average Bonchev–Trinajstić information content (AvgIpc) is 2.41. The van der Waals surface area contributed by atoms with Gasteiger partial charge in [0.05, 0.1) is 12.3 Å². The molecule has 1 aliphatic heterocycles. The third kappa shape index (κ3) is 1.62. The van der Waals surface area contributed by atoms with Crippen LogP contribution in [0.15, 0.2) is 18.2 Å². The third-order valence-corrected chi connectivity index (χ3v) is 2.36. The van der Waals surface area contributed by atoms with Crippen LogP contribution in [0.3, 0.4) is 0 Å². The van der Waals surface area contributed by atoms with Gasteiger partial charge in [-0.05, 0) is 24.5 Å². The summed E-state index contributed by atoms with van der Waals surface area (Å²) in [5, 5.41) is 3.37. The van der Waals surface area contributed by atoms with Crippen molar-refractivity contribution in [3.8, 4) is 5.75 Å². The Bertz CT molecular complexity index is 296. The van der Waals surface area contributed by atoms with Crippen molar-refractivity contribution in [2.75, 3.05) is 18.5 Å². The van der Waals surface area contributed by atoms with E-state index in [4.69, 9.17) is 4.74 Å². The van der Waals surface area contributed by atoms with Gasteiger partial charge in [-0.25, -0.2) is 0 Å². The minimum atomic E-state index is 0.830. The SMILES string of the molecule is CCc1cccc2c1OCCCN2. The van der Waals surface area contributed by atoms with E-state index in [2.05, 4.69) is 30.4 Å². The topological polar surface area (TPSA) is 21.3 Å². The van der Waals surface area contributed by atoms with Crippen molar-refractivity contribution in [3.05, 3.63) is 23.8 Å². The predicted octanol–water partition coefficient (Wildman–Crippen LogP) is 2.44. The fourth-order valence-electron chi connectivity index (χ4n) is 1.64. The second-order valence-electron chi connectivity index (χ2n) is 3.28. The molecule has 2 rings (SSSR count). The van der Waals surface area contributed by atoms with Gasteiger partial charge in [-0.1, -0.05) is 19.1 Å². The standard InChI is InChI=1S/C11H15NO/c1-2-9-5-3-6-10-11(9)13-8-4-7-12-10/h3,5-6,12H,2,4,7-8H2,1H3. The van der Waals surface area contributed by atoms with Crippen LogP contribution in [0.1, 0.15) is 18.9 Å². The monoisotopic (exact) mass is 177 g/mol. The zero-order valence-corrected chi connectivity index (χ0v) is 7.97. The number of fused-ring (bicyclic) bond motifs is 1. The van der Waals surface area contributed by atoms with E-state index in [9.17, 15) is 0 Å². The Morgan fingerprint density at radius 3 is 3.23 bits per heavy atom. The van der Waals surface area contributed by atoms with Crippen molar-refractivity contribution < 1.29 is 4.74 Å². The van der Waals surface area contributed by atoms with Crippen molar-refractivity contribution in [2.45, 2.75) is 19.8 Å². The van der Waals surface area contributed by atoms with Gasteiger partial charge in [0.1, 0.15) is 5.75 Å². The van der Waals surface area contributed by atoms with Gasteiger partial charge < -0.3 is 10.1 Å². The highest BCUT2D eigenvalue weighted by atomic mass is 16.5. The van der Waals surface area contributed by atoms with Gasteiger partial charge in [-0.15, -0.1) is 0 Å². The zero-order chi connectivity index (χ0) is 9.10. The third-order valence-electron chi connectivity index (χ3n) is 2.36. The van der Waals surface area contributed by atoms with Gasteiger partial charge in [0.15, 0.2) is 0 Å². The maximum absolute atomic E-state index is 5.71. The molecule has 1 N–H and O–H groups in total. The van der Waals surface area contributed by atoms with E-state index >= 15 is 0 Å². The van der Waals surface area contributed by atoms with E-state index in [1.165, 1.54) is 5.56 Å². The summed E-state index contributed by atoms with van der Waals surface area (Å²) in [6.45, 7) is 4.00. The summed E-state index contributed by atoms with van der Waals surface area (Å²) in [5.41, 5.74) is 2.45. The fourth-order valence-corrected chi connectivity index (χ4v) is 1.64. The highest BCUT2D eigenvalue weighted by Crippen LogP contribution is 2.30. The summed E-state index contributed by atoms with van der Waals surface area (Å²) in [6, 6.07) is 6.30. The number of hydrogen-bond donors (Lipinski definition) is 1. The van der Waals surface area contributed by atoms with Gasteiger partial charge in [-0.2, -0.15) is 0 Å². The van der Waals surface area contributed by atoms with Gasteiger partial charge >= 0.3 is 0 Å². The van der Waals surface area contributed by atoms with Crippen LogP contribution in [0.4, 0.5) is 5.69 Å². The van der Waals surface area contributed by atoms with Crippen molar-refractivity contribution in [3.63, 3.8) is 0 Å². The molecule has 1 aromatic rings. The zero-order valence-electron chi connectivity index (χ0n) is 7.97. The lowest BCUT2D eigenvalue weighted by atomic mass is 10.1. The molecule has 1 aromatic carbocycles. The number of rotatable bonds is 1. The minimum absolute atomic E-state index is 0.830. The van der Waals surface area contributed by atoms with E-state index in [-0.39, 0.29) is 0 Å². The van der Waals surface area contributed by atoms with Crippen LogP contribution in [0.2, 0.25) is 0 Å². The first-order valence-corrected chi connectivity index (χ1v) is 4.90. The Morgan fingerprint density at radius 2 is 2.38 bits per heavy atom. The van der Waals surface area contributed by atoms with E-state index in [0.717, 1.165) is 37.4 Å².